The molecule has 0 fully saturated rings. The van der Waals surface area contributed by atoms with Gasteiger partial charge in [0.05, 0.1) is 16.3 Å². The average molecular weight is 481 g/mol. The van der Waals surface area contributed by atoms with Crippen molar-refractivity contribution < 1.29 is 22.7 Å². The number of hydrogen-bond donors (Lipinski definition) is 1. The van der Waals surface area contributed by atoms with Gasteiger partial charge in [-0.25, -0.2) is 18.4 Å². The number of rotatable bonds is 4. The zero-order chi connectivity index (χ0) is 24.6. The lowest BCUT2D eigenvalue weighted by molar-refractivity contribution is -0.120. The molecule has 0 aliphatic carbocycles. The molecule has 0 radical (unpaired) electrons. The Hall–Kier alpha value is -3.79. The van der Waals surface area contributed by atoms with Crippen LogP contribution in [0.3, 0.4) is 0 Å². The zero-order valence-corrected chi connectivity index (χ0v) is 20.0. The van der Waals surface area contributed by atoms with Gasteiger partial charge in [0.1, 0.15) is 18.4 Å². The molecule has 1 aromatic heterocycles. The molecule has 1 aliphatic rings. The van der Waals surface area contributed by atoms with Gasteiger partial charge in [-0.15, -0.1) is 0 Å². The first-order valence-corrected chi connectivity index (χ1v) is 12.4. The number of fused-ring (bicyclic) bond motifs is 1. The smallest absolute Gasteiger partial charge is 0.289 e. The predicted molar refractivity (Wildman–Crippen MR) is 127 cm³/mol. The molecule has 0 unspecified atom stereocenters. The first-order valence-electron chi connectivity index (χ1n) is 10.5. The van der Waals surface area contributed by atoms with Crippen LogP contribution in [0, 0.1) is 13.8 Å². The summed E-state index contributed by atoms with van der Waals surface area (Å²) in [6.07, 6.45) is 2.66. The lowest BCUT2D eigenvalue weighted by Gasteiger charge is -2.20. The Morgan fingerprint density at radius 3 is 2.59 bits per heavy atom. The number of carbonyl (C=O) groups excluding carboxylic acids is 2. The maximum atomic E-state index is 13.1. The molecule has 0 bridgehead atoms. The summed E-state index contributed by atoms with van der Waals surface area (Å²) >= 11 is 0. The van der Waals surface area contributed by atoms with Gasteiger partial charge in [-0.3, -0.25) is 9.59 Å². The quantitative estimate of drug-likeness (QED) is 0.609. The van der Waals surface area contributed by atoms with E-state index in [2.05, 4.69) is 15.3 Å². The van der Waals surface area contributed by atoms with Gasteiger partial charge in [0.25, 0.3) is 11.8 Å². The van der Waals surface area contributed by atoms with Crippen LogP contribution in [0.2, 0.25) is 0 Å². The van der Waals surface area contributed by atoms with Crippen molar-refractivity contribution in [2.24, 2.45) is 0 Å². The van der Waals surface area contributed by atoms with Crippen molar-refractivity contribution in [3.8, 4) is 17.0 Å². The number of hydrogen-bond acceptors (Lipinski definition) is 7. The number of aryl methyl sites for hydroxylation is 2. The Balaban J connectivity index is 1.59. The molecule has 34 heavy (non-hydrogen) atoms. The van der Waals surface area contributed by atoms with Gasteiger partial charge in [-0.2, -0.15) is 0 Å². The summed E-state index contributed by atoms with van der Waals surface area (Å²) in [5.74, 6) is -0.800. The molecule has 0 spiro atoms. The highest BCUT2D eigenvalue weighted by Gasteiger charge is 2.32. The van der Waals surface area contributed by atoms with Gasteiger partial charge in [-0.1, -0.05) is 24.3 Å². The van der Waals surface area contributed by atoms with Crippen molar-refractivity contribution in [3.05, 3.63) is 65.6 Å². The van der Waals surface area contributed by atoms with Gasteiger partial charge in [0, 0.05) is 25.1 Å². The monoisotopic (exact) mass is 480 g/mol. The van der Waals surface area contributed by atoms with Crippen LogP contribution < -0.4 is 15.0 Å². The highest BCUT2D eigenvalue weighted by Crippen LogP contribution is 2.33. The second-order valence-corrected chi connectivity index (χ2v) is 10.2. The van der Waals surface area contributed by atoms with Crippen LogP contribution in [0.15, 0.2) is 53.6 Å². The van der Waals surface area contributed by atoms with Crippen molar-refractivity contribution in [1.82, 2.24) is 15.3 Å². The second-order valence-electron chi connectivity index (χ2n) is 8.18. The number of nitrogens with zero attached hydrogens (tertiary/aromatic N) is 3. The maximum Gasteiger partial charge on any atom is 0.289 e. The summed E-state index contributed by atoms with van der Waals surface area (Å²) in [5.41, 5.74) is 3.66. The molecular formula is C24H24N4O5S. The SMILES string of the molecule is Cc1ccccc1-c1nc(C(=O)N[C@H]2COc3ccc(S(C)(=O)=O)cc3N(C)C2=O)ncc1C. The Labute approximate surface area is 197 Å². The van der Waals surface area contributed by atoms with E-state index in [1.807, 2.05) is 38.1 Å². The second kappa shape index (κ2) is 8.86. The Bertz CT molecular complexity index is 1400. The van der Waals surface area contributed by atoms with Crippen LogP contribution in [-0.4, -0.2) is 56.2 Å². The van der Waals surface area contributed by atoms with Gasteiger partial charge >= 0.3 is 0 Å². The van der Waals surface area contributed by atoms with E-state index in [9.17, 15) is 18.0 Å². The van der Waals surface area contributed by atoms with Gasteiger partial charge in [0.15, 0.2) is 9.84 Å². The Kier molecular flexibility index (Phi) is 6.09. The first-order chi connectivity index (χ1) is 16.1. The number of carbonyl (C=O) groups is 2. The van der Waals surface area contributed by atoms with Gasteiger partial charge in [-0.05, 0) is 43.2 Å². The van der Waals surface area contributed by atoms with Crippen molar-refractivity contribution in [1.29, 1.82) is 0 Å². The Morgan fingerprint density at radius 1 is 1.15 bits per heavy atom. The number of nitrogens with one attached hydrogen (secondary N) is 1. The molecule has 10 heteroatoms. The third-order valence-corrected chi connectivity index (χ3v) is 6.74. The van der Waals surface area contributed by atoms with Crippen LogP contribution in [0.5, 0.6) is 5.75 Å². The summed E-state index contributed by atoms with van der Waals surface area (Å²) in [7, 11) is -1.97. The molecule has 2 heterocycles. The highest BCUT2D eigenvalue weighted by atomic mass is 32.2. The van der Waals surface area contributed by atoms with Gasteiger partial charge < -0.3 is 15.0 Å². The molecule has 0 saturated heterocycles. The number of benzene rings is 2. The van der Waals surface area contributed by atoms with E-state index in [0.717, 1.165) is 22.9 Å². The summed E-state index contributed by atoms with van der Waals surface area (Å²) in [6.45, 7) is 3.70. The maximum absolute atomic E-state index is 13.1. The van der Waals surface area contributed by atoms with Crippen LogP contribution in [0.4, 0.5) is 5.69 Å². The van der Waals surface area contributed by atoms with E-state index in [-0.39, 0.29) is 17.3 Å². The highest BCUT2D eigenvalue weighted by molar-refractivity contribution is 7.90. The fourth-order valence-corrected chi connectivity index (χ4v) is 4.34. The fraction of sp³-hybridized carbons (Fsp3) is 0.250. The topological polar surface area (TPSA) is 119 Å². The van der Waals surface area contributed by atoms with Crippen LogP contribution >= 0.6 is 0 Å². The third kappa shape index (κ3) is 4.49. The summed E-state index contributed by atoms with van der Waals surface area (Å²) < 4.78 is 29.6. The molecule has 1 aliphatic heterocycles. The molecule has 3 aromatic rings. The minimum absolute atomic E-state index is 0.0637. The molecular weight excluding hydrogens is 456 g/mol. The minimum atomic E-state index is -3.47. The summed E-state index contributed by atoms with van der Waals surface area (Å²) in [5, 5.41) is 2.65. The van der Waals surface area contributed by atoms with E-state index >= 15 is 0 Å². The van der Waals surface area contributed by atoms with E-state index in [1.165, 1.54) is 30.1 Å². The number of amides is 2. The predicted octanol–water partition coefficient (Wildman–Crippen LogP) is 2.32. The first kappa shape index (κ1) is 23.4. The molecule has 1 atom stereocenters. The van der Waals surface area contributed by atoms with Crippen molar-refractivity contribution in [3.63, 3.8) is 0 Å². The molecule has 9 nitrogen and oxygen atoms in total. The largest absolute Gasteiger partial charge is 0.489 e. The van der Waals surface area contributed by atoms with Crippen LogP contribution in [-0.2, 0) is 14.6 Å². The zero-order valence-electron chi connectivity index (χ0n) is 19.2. The standard InChI is InChI=1S/C24H24N4O5S/c1-14-7-5-6-8-17(14)21-15(2)12-25-22(27-21)23(29)26-18-13-33-20-10-9-16(34(4,31)32)11-19(20)28(3)24(18)30/h5-12,18H,13H2,1-4H3,(H,26,29)/t18-/m0/s1. The minimum Gasteiger partial charge on any atom is -0.489 e. The van der Waals surface area contributed by atoms with Gasteiger partial charge in [0.2, 0.25) is 5.82 Å². The van der Waals surface area contributed by atoms with Crippen molar-refractivity contribution in [2.45, 2.75) is 24.8 Å². The van der Waals surface area contributed by atoms with Crippen molar-refractivity contribution in [2.75, 3.05) is 24.8 Å². The Morgan fingerprint density at radius 2 is 1.88 bits per heavy atom. The number of ether oxygens (including phenoxy) is 1. The summed E-state index contributed by atoms with van der Waals surface area (Å²) in [4.78, 5) is 36.0. The van der Waals surface area contributed by atoms with E-state index < -0.39 is 27.7 Å². The molecule has 2 amide bonds. The number of sulfone groups is 1. The van der Waals surface area contributed by atoms with Crippen molar-refractivity contribution >= 4 is 27.3 Å². The number of aromatic nitrogens is 2. The molecule has 176 valence electrons. The van der Waals surface area contributed by atoms with Crippen LogP contribution in [0.1, 0.15) is 21.7 Å². The molecule has 4 rings (SSSR count). The van der Waals surface area contributed by atoms with E-state index in [4.69, 9.17) is 4.74 Å². The molecule has 0 saturated carbocycles. The number of likely N-dealkylation sites (N-methyl/N-ethyl adjacent to an activating group) is 1. The summed E-state index contributed by atoms with van der Waals surface area (Å²) in [6, 6.07) is 11.0. The fourth-order valence-electron chi connectivity index (χ4n) is 3.70. The molecule has 1 N–H and O–H groups in total. The number of anilines is 1. The van der Waals surface area contributed by atoms with Crippen LogP contribution in [0.25, 0.3) is 11.3 Å². The third-order valence-electron chi connectivity index (χ3n) is 5.63. The normalized spacial score (nSPS) is 15.8. The average Bonchev–Trinajstić information content (AvgIpc) is 2.91. The molecule has 2 aromatic carbocycles. The van der Waals surface area contributed by atoms with E-state index in [0.29, 0.717) is 17.1 Å². The lowest BCUT2D eigenvalue weighted by atomic mass is 10.0. The lowest BCUT2D eigenvalue weighted by Crippen LogP contribution is -2.49. The van der Waals surface area contributed by atoms with E-state index in [1.54, 1.807) is 6.20 Å².